The van der Waals surface area contributed by atoms with Crippen molar-refractivity contribution in [1.82, 2.24) is 14.9 Å². The highest BCUT2D eigenvalue weighted by atomic mass is 32.2. The Bertz CT molecular complexity index is 1140. The predicted molar refractivity (Wildman–Crippen MR) is 110 cm³/mol. The molecule has 1 saturated heterocycles. The first-order chi connectivity index (χ1) is 13.8. The number of morpholine rings is 1. The minimum atomic E-state index is -3.91. The Morgan fingerprint density at radius 3 is 2.55 bits per heavy atom. The molecule has 1 fully saturated rings. The number of benzene rings is 1. The van der Waals surface area contributed by atoms with E-state index in [1.54, 1.807) is 0 Å². The van der Waals surface area contributed by atoms with Gasteiger partial charge in [0.25, 0.3) is 10.0 Å². The minimum absolute atomic E-state index is 0.0232. The first-order valence-corrected chi connectivity index (χ1v) is 11.5. The van der Waals surface area contributed by atoms with E-state index in [0.29, 0.717) is 31.0 Å². The van der Waals surface area contributed by atoms with Gasteiger partial charge in [-0.05, 0) is 43.7 Å². The predicted octanol–water partition coefficient (Wildman–Crippen LogP) is 3.08. The molecule has 1 aliphatic heterocycles. The standard InChI is InChI=1S/C19H21FN4O3S2/c1-12-13(2)28-19-17(12)18(21-16(22-19)11-24-7-9-27-10-8-24)23-29(25,26)15-5-3-14(20)4-6-15/h3-6H,7-11H2,1-2H3,(H,21,22,23). The number of thiophene rings is 1. The maximum absolute atomic E-state index is 13.2. The number of ether oxygens (including phenoxy) is 1. The Morgan fingerprint density at radius 2 is 1.86 bits per heavy atom. The number of halogens is 1. The summed E-state index contributed by atoms with van der Waals surface area (Å²) in [7, 11) is -3.91. The molecule has 29 heavy (non-hydrogen) atoms. The average Bonchev–Trinajstić information content (AvgIpc) is 2.96. The SMILES string of the molecule is Cc1sc2nc(CN3CCOCC3)nc(NS(=O)(=O)c3ccc(F)cc3)c2c1C. The molecule has 3 heterocycles. The summed E-state index contributed by atoms with van der Waals surface area (Å²) in [5, 5.41) is 0.698. The second-order valence-corrected chi connectivity index (χ2v) is 9.79. The van der Waals surface area contributed by atoms with E-state index in [2.05, 4.69) is 19.6 Å². The van der Waals surface area contributed by atoms with Gasteiger partial charge in [-0.1, -0.05) is 0 Å². The van der Waals surface area contributed by atoms with Crippen molar-refractivity contribution < 1.29 is 17.5 Å². The zero-order valence-electron chi connectivity index (χ0n) is 16.1. The highest BCUT2D eigenvalue weighted by Crippen LogP contribution is 2.34. The molecule has 1 aromatic carbocycles. The molecule has 0 saturated carbocycles. The van der Waals surface area contributed by atoms with Crippen LogP contribution < -0.4 is 4.72 Å². The molecule has 10 heteroatoms. The van der Waals surface area contributed by atoms with E-state index >= 15 is 0 Å². The zero-order chi connectivity index (χ0) is 20.6. The van der Waals surface area contributed by atoms with Gasteiger partial charge in [-0.2, -0.15) is 0 Å². The van der Waals surface area contributed by atoms with Crippen molar-refractivity contribution in [2.24, 2.45) is 0 Å². The van der Waals surface area contributed by atoms with Crippen LogP contribution in [0.1, 0.15) is 16.3 Å². The molecule has 0 aliphatic carbocycles. The minimum Gasteiger partial charge on any atom is -0.379 e. The summed E-state index contributed by atoms with van der Waals surface area (Å²) in [6, 6.07) is 4.70. The Labute approximate surface area is 172 Å². The highest BCUT2D eigenvalue weighted by molar-refractivity contribution is 7.92. The van der Waals surface area contributed by atoms with Gasteiger partial charge in [0.15, 0.2) is 5.82 Å². The van der Waals surface area contributed by atoms with Crippen molar-refractivity contribution in [3.63, 3.8) is 0 Å². The number of sulfonamides is 1. The molecule has 0 unspecified atom stereocenters. The molecule has 3 aromatic rings. The fraction of sp³-hybridized carbons (Fsp3) is 0.368. The monoisotopic (exact) mass is 436 g/mol. The van der Waals surface area contributed by atoms with Gasteiger partial charge in [0.05, 0.1) is 30.0 Å². The number of aryl methyl sites for hydroxylation is 2. The molecule has 7 nitrogen and oxygen atoms in total. The van der Waals surface area contributed by atoms with Gasteiger partial charge in [0.2, 0.25) is 0 Å². The molecule has 0 spiro atoms. The van der Waals surface area contributed by atoms with E-state index in [1.165, 1.54) is 23.5 Å². The Hall–Kier alpha value is -2.14. The molecule has 0 bridgehead atoms. The third kappa shape index (κ3) is 4.25. The third-order valence-corrected chi connectivity index (χ3v) is 7.35. The maximum Gasteiger partial charge on any atom is 0.263 e. The van der Waals surface area contributed by atoms with Crippen molar-refractivity contribution in [3.8, 4) is 0 Å². The van der Waals surface area contributed by atoms with Crippen LogP contribution in [0.15, 0.2) is 29.2 Å². The van der Waals surface area contributed by atoms with E-state index in [9.17, 15) is 12.8 Å². The second-order valence-electron chi connectivity index (χ2n) is 6.90. The number of aromatic nitrogens is 2. The summed E-state index contributed by atoms with van der Waals surface area (Å²) in [6.07, 6.45) is 0. The van der Waals surface area contributed by atoms with E-state index in [1.807, 2.05) is 13.8 Å². The lowest BCUT2D eigenvalue weighted by atomic mass is 10.2. The molecule has 2 aromatic heterocycles. The van der Waals surface area contributed by atoms with Gasteiger partial charge >= 0.3 is 0 Å². The maximum atomic E-state index is 13.2. The largest absolute Gasteiger partial charge is 0.379 e. The lowest BCUT2D eigenvalue weighted by Crippen LogP contribution is -2.36. The van der Waals surface area contributed by atoms with Crippen molar-refractivity contribution in [2.75, 3.05) is 31.0 Å². The Morgan fingerprint density at radius 1 is 1.17 bits per heavy atom. The van der Waals surface area contributed by atoms with Gasteiger partial charge in [-0.3, -0.25) is 9.62 Å². The fourth-order valence-electron chi connectivity index (χ4n) is 3.20. The summed E-state index contributed by atoms with van der Waals surface area (Å²) in [4.78, 5) is 13.2. The molecule has 154 valence electrons. The van der Waals surface area contributed by atoms with Crippen molar-refractivity contribution in [3.05, 3.63) is 46.3 Å². The van der Waals surface area contributed by atoms with Gasteiger partial charge in [0, 0.05) is 18.0 Å². The number of fused-ring (bicyclic) bond motifs is 1. The topological polar surface area (TPSA) is 84.4 Å². The van der Waals surface area contributed by atoms with Crippen molar-refractivity contribution >= 4 is 37.4 Å². The van der Waals surface area contributed by atoms with Crippen LogP contribution in [0.4, 0.5) is 10.2 Å². The molecule has 0 radical (unpaired) electrons. The van der Waals surface area contributed by atoms with Crippen LogP contribution in [-0.4, -0.2) is 49.6 Å². The zero-order valence-corrected chi connectivity index (χ0v) is 17.7. The van der Waals surface area contributed by atoms with E-state index in [4.69, 9.17) is 4.74 Å². The van der Waals surface area contributed by atoms with Crippen LogP contribution in [0.3, 0.4) is 0 Å². The third-order valence-electron chi connectivity index (χ3n) is 4.90. The number of hydrogen-bond acceptors (Lipinski definition) is 7. The van der Waals surface area contributed by atoms with Crippen LogP contribution in [0, 0.1) is 19.7 Å². The summed E-state index contributed by atoms with van der Waals surface area (Å²) >= 11 is 1.51. The molecule has 0 atom stereocenters. The van der Waals surface area contributed by atoms with Crippen molar-refractivity contribution in [2.45, 2.75) is 25.3 Å². The van der Waals surface area contributed by atoms with Gasteiger partial charge < -0.3 is 4.74 Å². The van der Waals surface area contributed by atoms with Gasteiger partial charge in [-0.15, -0.1) is 11.3 Å². The number of anilines is 1. The average molecular weight is 437 g/mol. The van der Waals surface area contributed by atoms with Crippen LogP contribution in [0.5, 0.6) is 0 Å². The molecular weight excluding hydrogens is 415 g/mol. The number of hydrogen-bond donors (Lipinski definition) is 1. The normalized spacial score (nSPS) is 15.7. The summed E-state index contributed by atoms with van der Waals surface area (Å²) in [5.74, 6) is 0.312. The fourth-order valence-corrected chi connectivity index (χ4v) is 5.26. The lowest BCUT2D eigenvalue weighted by Gasteiger charge is -2.25. The Kier molecular flexibility index (Phi) is 5.52. The summed E-state index contributed by atoms with van der Waals surface area (Å²) in [6.45, 7) is 7.28. The molecule has 1 aliphatic rings. The summed E-state index contributed by atoms with van der Waals surface area (Å²) in [5.41, 5.74) is 0.944. The van der Waals surface area contributed by atoms with E-state index in [-0.39, 0.29) is 10.7 Å². The number of nitrogens with one attached hydrogen (secondary N) is 1. The molecule has 0 amide bonds. The van der Waals surface area contributed by atoms with Crippen LogP contribution in [-0.2, 0) is 21.3 Å². The van der Waals surface area contributed by atoms with Crippen LogP contribution in [0.25, 0.3) is 10.2 Å². The quantitative estimate of drug-likeness (QED) is 0.662. The van der Waals surface area contributed by atoms with Gasteiger partial charge in [-0.25, -0.2) is 22.8 Å². The van der Waals surface area contributed by atoms with Gasteiger partial charge in [0.1, 0.15) is 16.5 Å². The first kappa shape index (κ1) is 20.1. The highest BCUT2D eigenvalue weighted by Gasteiger charge is 2.22. The van der Waals surface area contributed by atoms with E-state index < -0.39 is 15.8 Å². The first-order valence-electron chi connectivity index (χ1n) is 9.18. The molecular formula is C19H21FN4O3S2. The second kappa shape index (κ2) is 7.94. The van der Waals surface area contributed by atoms with E-state index in [0.717, 1.165) is 40.5 Å². The smallest absolute Gasteiger partial charge is 0.263 e. The Balaban J connectivity index is 1.73. The lowest BCUT2D eigenvalue weighted by molar-refractivity contribution is 0.0331. The number of nitrogens with zero attached hydrogens (tertiary/aromatic N) is 3. The number of rotatable bonds is 5. The van der Waals surface area contributed by atoms with Crippen LogP contribution in [0.2, 0.25) is 0 Å². The van der Waals surface area contributed by atoms with Crippen molar-refractivity contribution in [1.29, 1.82) is 0 Å². The van der Waals surface area contributed by atoms with Crippen LogP contribution >= 0.6 is 11.3 Å². The molecule has 4 rings (SSSR count). The summed E-state index contributed by atoms with van der Waals surface area (Å²) < 4.78 is 46.9. The molecule has 1 N–H and O–H groups in total.